The van der Waals surface area contributed by atoms with E-state index < -0.39 is 12.1 Å². The Bertz CT molecular complexity index is 656. The Morgan fingerprint density at radius 1 is 1.10 bits per heavy atom. The maximum atomic E-state index is 11.7. The van der Waals surface area contributed by atoms with E-state index >= 15 is 0 Å². The first-order valence-electron chi connectivity index (χ1n) is 6.53. The number of carbonyl (C=O) groups excluding carboxylic acids is 1. The molecule has 1 heterocycles. The maximum Gasteiger partial charge on any atom is 0.396 e. The summed E-state index contributed by atoms with van der Waals surface area (Å²) in [6.07, 6.45) is -0.414. The Balaban J connectivity index is 1.98. The van der Waals surface area contributed by atoms with Crippen LogP contribution in [0.1, 0.15) is 11.7 Å². The normalized spacial score (nSPS) is 17.1. The number of methoxy groups -OCH3 is 1. The Morgan fingerprint density at radius 2 is 1.71 bits per heavy atom. The van der Waals surface area contributed by atoms with Crippen LogP contribution in [0, 0.1) is 0 Å². The summed E-state index contributed by atoms with van der Waals surface area (Å²) in [4.78, 5) is 21.6. The summed E-state index contributed by atoms with van der Waals surface area (Å²) < 4.78 is 4.68. The predicted octanol–water partition coefficient (Wildman–Crippen LogP) is 2.71. The molecule has 3 rings (SSSR count). The van der Waals surface area contributed by atoms with E-state index in [4.69, 9.17) is 4.84 Å². The lowest BCUT2D eigenvalue weighted by Crippen LogP contribution is -2.26. The summed E-state index contributed by atoms with van der Waals surface area (Å²) in [5, 5.41) is 1.60. The highest BCUT2D eigenvalue weighted by Gasteiger charge is 2.34. The van der Waals surface area contributed by atoms with Gasteiger partial charge in [-0.15, -0.1) is 0 Å². The van der Waals surface area contributed by atoms with Gasteiger partial charge in [-0.25, -0.2) is 9.79 Å². The number of aliphatic imine (C=N–C) groups is 1. The number of ether oxygens (including phenoxy) is 1. The van der Waals surface area contributed by atoms with Gasteiger partial charge in [0.05, 0.1) is 12.8 Å². The number of hydrogen-bond donors (Lipinski definition) is 0. The summed E-state index contributed by atoms with van der Waals surface area (Å²) in [6.45, 7) is 0. The lowest BCUT2D eigenvalue weighted by molar-refractivity contribution is -0.134. The van der Waals surface area contributed by atoms with Crippen molar-refractivity contribution in [1.29, 1.82) is 0 Å². The molecule has 0 aliphatic carbocycles. The molecule has 0 aromatic heterocycles. The number of anilines is 1. The van der Waals surface area contributed by atoms with Crippen molar-refractivity contribution in [2.45, 2.75) is 6.17 Å². The first-order valence-corrected chi connectivity index (χ1v) is 6.53. The molecule has 0 amide bonds. The van der Waals surface area contributed by atoms with Crippen molar-refractivity contribution >= 4 is 17.6 Å². The van der Waals surface area contributed by atoms with Crippen molar-refractivity contribution < 1.29 is 14.4 Å². The number of carbonyl (C=O) groups is 1. The number of rotatable bonds is 3. The number of esters is 1. The van der Waals surface area contributed by atoms with Crippen LogP contribution < -0.4 is 5.06 Å². The number of hydrogen-bond acceptors (Lipinski definition) is 5. The van der Waals surface area contributed by atoms with E-state index in [2.05, 4.69) is 9.73 Å². The zero-order valence-corrected chi connectivity index (χ0v) is 11.5. The summed E-state index contributed by atoms with van der Waals surface area (Å²) in [5.74, 6) is -0.635. The lowest BCUT2D eigenvalue weighted by Gasteiger charge is -2.23. The molecular formula is C16H14N2O3. The highest BCUT2D eigenvalue weighted by molar-refractivity contribution is 6.33. The highest BCUT2D eigenvalue weighted by atomic mass is 16.7. The van der Waals surface area contributed by atoms with E-state index in [0.29, 0.717) is 0 Å². The standard InChI is InChI=1S/C16H14N2O3/c1-20-16(19)15-17-14(12-8-4-2-5-9-12)18(21-15)13-10-6-3-7-11-13/h2-11,14H,1H3. The second-order valence-electron chi connectivity index (χ2n) is 4.46. The Kier molecular flexibility index (Phi) is 3.55. The topological polar surface area (TPSA) is 51.1 Å². The van der Waals surface area contributed by atoms with Crippen LogP contribution in [0.15, 0.2) is 65.7 Å². The van der Waals surface area contributed by atoms with Gasteiger partial charge in [0.15, 0.2) is 6.17 Å². The van der Waals surface area contributed by atoms with Gasteiger partial charge in [-0.3, -0.25) is 0 Å². The fraction of sp³-hybridized carbons (Fsp3) is 0.125. The molecule has 0 bridgehead atoms. The highest BCUT2D eigenvalue weighted by Crippen LogP contribution is 2.33. The minimum absolute atomic E-state index is 0.0461. The third-order valence-corrected chi connectivity index (χ3v) is 3.11. The molecule has 1 aliphatic heterocycles. The Hall–Kier alpha value is -2.82. The van der Waals surface area contributed by atoms with Crippen LogP contribution in [0.2, 0.25) is 0 Å². The Labute approximate surface area is 122 Å². The van der Waals surface area contributed by atoms with E-state index in [1.165, 1.54) is 7.11 Å². The van der Waals surface area contributed by atoms with Gasteiger partial charge in [-0.1, -0.05) is 48.5 Å². The third-order valence-electron chi connectivity index (χ3n) is 3.11. The number of nitrogens with zero attached hydrogens (tertiary/aromatic N) is 2. The molecule has 0 spiro atoms. The zero-order chi connectivity index (χ0) is 14.7. The van der Waals surface area contributed by atoms with Crippen molar-refractivity contribution in [3.8, 4) is 0 Å². The minimum atomic E-state index is -0.589. The predicted molar refractivity (Wildman–Crippen MR) is 78.6 cm³/mol. The molecule has 0 N–H and O–H groups in total. The van der Waals surface area contributed by atoms with Crippen molar-refractivity contribution in [2.75, 3.05) is 12.2 Å². The van der Waals surface area contributed by atoms with Crippen molar-refractivity contribution in [3.05, 3.63) is 66.2 Å². The monoisotopic (exact) mass is 282 g/mol. The molecule has 1 unspecified atom stereocenters. The molecule has 1 aliphatic rings. The average Bonchev–Trinajstić information content (AvgIpc) is 3.01. The van der Waals surface area contributed by atoms with Crippen LogP contribution in [0.4, 0.5) is 5.69 Å². The zero-order valence-electron chi connectivity index (χ0n) is 11.5. The quantitative estimate of drug-likeness (QED) is 0.812. The molecule has 0 fully saturated rings. The fourth-order valence-corrected chi connectivity index (χ4v) is 2.11. The van der Waals surface area contributed by atoms with Gasteiger partial charge in [0.1, 0.15) is 0 Å². The van der Waals surface area contributed by atoms with Gasteiger partial charge in [0.25, 0.3) is 0 Å². The van der Waals surface area contributed by atoms with E-state index in [1.54, 1.807) is 5.06 Å². The van der Waals surface area contributed by atoms with E-state index in [9.17, 15) is 4.79 Å². The van der Waals surface area contributed by atoms with E-state index in [1.807, 2.05) is 60.7 Å². The van der Waals surface area contributed by atoms with Crippen molar-refractivity contribution in [3.63, 3.8) is 0 Å². The average molecular weight is 282 g/mol. The molecular weight excluding hydrogens is 268 g/mol. The molecule has 2 aromatic rings. The number of hydroxylamine groups is 1. The first kappa shape index (κ1) is 13.2. The fourth-order valence-electron chi connectivity index (χ4n) is 2.11. The number of benzene rings is 2. The smallest absolute Gasteiger partial charge is 0.396 e. The molecule has 1 atom stereocenters. The molecule has 21 heavy (non-hydrogen) atoms. The summed E-state index contributed by atoms with van der Waals surface area (Å²) >= 11 is 0. The van der Waals surface area contributed by atoms with Crippen LogP contribution in [-0.4, -0.2) is 19.0 Å². The van der Waals surface area contributed by atoms with Gasteiger partial charge < -0.3 is 9.57 Å². The van der Waals surface area contributed by atoms with Crippen molar-refractivity contribution in [1.82, 2.24) is 0 Å². The van der Waals surface area contributed by atoms with Gasteiger partial charge in [-0.05, 0) is 17.7 Å². The second-order valence-corrected chi connectivity index (χ2v) is 4.46. The molecule has 106 valence electrons. The third kappa shape index (κ3) is 2.58. The summed E-state index contributed by atoms with van der Waals surface area (Å²) in [7, 11) is 1.30. The van der Waals surface area contributed by atoms with Crippen LogP contribution >= 0.6 is 0 Å². The minimum Gasteiger partial charge on any atom is -0.462 e. The van der Waals surface area contributed by atoms with Gasteiger partial charge >= 0.3 is 11.9 Å². The molecule has 5 nitrogen and oxygen atoms in total. The first-order chi connectivity index (χ1) is 10.3. The summed E-state index contributed by atoms with van der Waals surface area (Å²) in [5.41, 5.74) is 1.74. The molecule has 0 saturated heterocycles. The van der Waals surface area contributed by atoms with Gasteiger partial charge in [-0.2, -0.15) is 5.06 Å². The van der Waals surface area contributed by atoms with Gasteiger partial charge in [0, 0.05) is 0 Å². The van der Waals surface area contributed by atoms with Crippen LogP contribution in [-0.2, 0) is 14.4 Å². The van der Waals surface area contributed by atoms with Crippen LogP contribution in [0.3, 0.4) is 0 Å². The number of para-hydroxylation sites is 1. The molecule has 5 heteroatoms. The second kappa shape index (κ2) is 5.66. The molecule has 0 radical (unpaired) electrons. The summed E-state index contributed by atoms with van der Waals surface area (Å²) in [6, 6.07) is 19.1. The molecule has 2 aromatic carbocycles. The SMILES string of the molecule is COC(=O)C1=NC(c2ccccc2)N(c2ccccc2)O1. The van der Waals surface area contributed by atoms with Gasteiger partial charge in [0.2, 0.25) is 0 Å². The van der Waals surface area contributed by atoms with E-state index in [0.717, 1.165) is 11.3 Å². The maximum absolute atomic E-state index is 11.7. The largest absolute Gasteiger partial charge is 0.462 e. The van der Waals surface area contributed by atoms with E-state index in [-0.39, 0.29) is 5.90 Å². The van der Waals surface area contributed by atoms with Crippen molar-refractivity contribution in [2.24, 2.45) is 4.99 Å². The van der Waals surface area contributed by atoms with Crippen LogP contribution in [0.25, 0.3) is 0 Å². The molecule has 0 saturated carbocycles. The van der Waals surface area contributed by atoms with Crippen LogP contribution in [0.5, 0.6) is 0 Å². The Morgan fingerprint density at radius 3 is 2.33 bits per heavy atom. The lowest BCUT2D eigenvalue weighted by atomic mass is 10.1.